The largest absolute Gasteiger partial charge is 0.490 e. The van der Waals surface area contributed by atoms with E-state index in [-0.39, 0.29) is 11.5 Å². The van der Waals surface area contributed by atoms with Gasteiger partial charge in [-0.1, -0.05) is 5.92 Å². The number of hydrogen-bond donors (Lipinski definition) is 7. The predicted molar refractivity (Wildman–Crippen MR) is 102 cm³/mol. The summed E-state index contributed by atoms with van der Waals surface area (Å²) in [5.74, 6) is 2.04. The van der Waals surface area contributed by atoms with Crippen molar-refractivity contribution in [2.24, 2.45) is 0 Å². The molecule has 20 heteroatoms. The molecule has 1 aliphatic carbocycles. The predicted octanol–water partition coefficient (Wildman–Crippen LogP) is -1.43. The number of phosphoric ester groups is 1. The van der Waals surface area contributed by atoms with Crippen molar-refractivity contribution in [2.75, 3.05) is 5.73 Å². The molecule has 0 aromatic carbocycles. The summed E-state index contributed by atoms with van der Waals surface area (Å²) in [4.78, 5) is 39.9. The first kappa shape index (κ1) is 24.4. The van der Waals surface area contributed by atoms with Gasteiger partial charge >= 0.3 is 23.5 Å². The van der Waals surface area contributed by atoms with E-state index in [9.17, 15) is 33.7 Å². The van der Waals surface area contributed by atoms with Gasteiger partial charge in [-0.25, -0.2) is 23.2 Å². The molecule has 17 nitrogen and oxygen atoms in total. The molecule has 2 aromatic heterocycles. The van der Waals surface area contributed by atoms with Crippen LogP contribution in [0, 0.1) is 12.3 Å². The van der Waals surface area contributed by atoms with Crippen LogP contribution in [0.2, 0.25) is 0 Å². The lowest BCUT2D eigenvalue weighted by atomic mass is 9.88. The zero-order chi connectivity index (χ0) is 24.6. The van der Waals surface area contributed by atoms with E-state index in [2.05, 4.69) is 23.2 Å². The summed E-state index contributed by atoms with van der Waals surface area (Å²) in [6.45, 7) is 0. The van der Waals surface area contributed by atoms with Crippen LogP contribution in [-0.2, 0) is 31.6 Å². The van der Waals surface area contributed by atoms with Crippen LogP contribution in [0.3, 0.4) is 0 Å². The van der Waals surface area contributed by atoms with E-state index in [1.54, 1.807) is 0 Å². The number of hydrogen-bond acceptors (Lipinski definition) is 12. The van der Waals surface area contributed by atoms with Crippen molar-refractivity contribution in [1.82, 2.24) is 14.6 Å². The van der Waals surface area contributed by atoms with Crippen LogP contribution in [0.25, 0.3) is 5.52 Å². The van der Waals surface area contributed by atoms with Crippen LogP contribution < -0.4 is 5.73 Å². The lowest BCUT2D eigenvalue weighted by molar-refractivity contribution is -0.109. The molecule has 0 amide bonds. The van der Waals surface area contributed by atoms with Gasteiger partial charge in [-0.15, -0.1) is 6.42 Å². The third-order valence-electron chi connectivity index (χ3n) is 4.97. The second-order valence-corrected chi connectivity index (χ2v) is 11.4. The molecule has 3 unspecified atom stereocenters. The maximum absolute atomic E-state index is 12.1. The van der Waals surface area contributed by atoms with Gasteiger partial charge in [0, 0.05) is 0 Å². The number of nitrogens with zero attached hydrogens (tertiary/aromatic N) is 3. The Bertz CT molecular complexity index is 1320. The molecule has 1 saturated carbocycles. The summed E-state index contributed by atoms with van der Waals surface area (Å²) in [5, 5.41) is 25.9. The van der Waals surface area contributed by atoms with Crippen LogP contribution in [0.1, 0.15) is 11.8 Å². The molecular weight excluding hydrogens is 513 g/mol. The zero-order valence-corrected chi connectivity index (χ0v) is 18.5. The quantitative estimate of drug-likeness (QED) is 0.160. The molecule has 33 heavy (non-hydrogen) atoms. The highest BCUT2D eigenvalue weighted by Crippen LogP contribution is 2.70. The Hall–Kier alpha value is -1.73. The van der Waals surface area contributed by atoms with Gasteiger partial charge in [0.15, 0.2) is 17.0 Å². The maximum Gasteiger partial charge on any atom is 0.490 e. The highest BCUT2D eigenvalue weighted by molar-refractivity contribution is 7.66. The molecule has 2 fully saturated rings. The van der Waals surface area contributed by atoms with Crippen molar-refractivity contribution in [3.05, 3.63) is 24.2 Å². The van der Waals surface area contributed by atoms with Gasteiger partial charge in [0.05, 0.1) is 5.69 Å². The smallest absolute Gasteiger partial charge is 0.382 e. The van der Waals surface area contributed by atoms with Gasteiger partial charge in [-0.3, -0.25) is 4.52 Å². The summed E-state index contributed by atoms with van der Waals surface area (Å²) >= 11 is 0. The average Bonchev–Trinajstić information content (AvgIpc) is 2.96. The number of phosphoric acid groups is 3. The number of ether oxygens (including phenoxy) is 1. The number of rotatable bonds is 7. The molecule has 0 bridgehead atoms. The standard InChI is InChI=1S/C13H15N4O13P3/c1-2-12(18)8(6-3-4-7-11(14)15-5-16-17(6)7)27-9-10(13(9,12)19)28-32(23,24)30-33(25,26)29-31(20,21)22/h1,3-5,8-10,18-19H,(H,23,24)(H,25,26)(H2,14,15,16)(H2,20,21,22)/t8-,9+,10?,12-,13-/m0/s1. The highest BCUT2D eigenvalue weighted by atomic mass is 31.3. The third-order valence-corrected chi connectivity index (χ3v) is 8.79. The second kappa shape index (κ2) is 7.38. The first-order chi connectivity index (χ1) is 15.0. The first-order valence-electron chi connectivity index (χ1n) is 8.53. The lowest BCUT2D eigenvalue weighted by Gasteiger charge is -2.31. The van der Waals surface area contributed by atoms with Crippen LogP contribution in [0.15, 0.2) is 18.5 Å². The Labute approximate surface area is 183 Å². The number of fused-ring (bicyclic) bond motifs is 2. The van der Waals surface area contributed by atoms with Crippen molar-refractivity contribution >= 4 is 34.8 Å². The molecule has 180 valence electrons. The number of terminal acetylenes is 1. The van der Waals surface area contributed by atoms with Crippen molar-refractivity contribution in [2.45, 2.75) is 29.5 Å². The fraction of sp³-hybridized carbons (Fsp3) is 0.385. The minimum absolute atomic E-state index is 0.0906. The number of nitrogen functional groups attached to an aromatic ring is 1. The SMILES string of the molecule is C#C[C@]1(O)[C@H](c2ccc3c(N)ncnn23)O[C@@H]2C(OP(=O)(O)OP(=O)(O)OP(=O)(O)O)[C@@]21O. The molecule has 0 spiro atoms. The normalized spacial score (nSPS) is 34.9. The molecule has 0 radical (unpaired) electrons. The van der Waals surface area contributed by atoms with Crippen LogP contribution in [0.4, 0.5) is 5.82 Å². The molecule has 4 rings (SSSR count). The van der Waals surface area contributed by atoms with E-state index in [1.165, 1.54) is 16.6 Å². The van der Waals surface area contributed by atoms with Crippen molar-refractivity contribution in [3.63, 3.8) is 0 Å². The molecule has 7 atom stereocenters. The fourth-order valence-electron chi connectivity index (χ4n) is 3.60. The Balaban J connectivity index is 1.58. The topological polar surface area (TPSA) is 266 Å². The van der Waals surface area contributed by atoms with Crippen molar-refractivity contribution in [1.29, 1.82) is 0 Å². The Morgan fingerprint density at radius 3 is 2.42 bits per heavy atom. The van der Waals surface area contributed by atoms with Gasteiger partial charge < -0.3 is 40.3 Å². The molecule has 2 aromatic rings. The minimum Gasteiger partial charge on any atom is -0.382 e. The zero-order valence-electron chi connectivity index (χ0n) is 15.8. The van der Waals surface area contributed by atoms with Crippen LogP contribution in [0.5, 0.6) is 0 Å². The molecule has 8 N–H and O–H groups in total. The van der Waals surface area contributed by atoms with E-state index in [1.807, 2.05) is 5.92 Å². The molecule has 2 aliphatic rings. The van der Waals surface area contributed by atoms with E-state index in [4.69, 9.17) is 26.7 Å². The number of nitrogens with two attached hydrogens (primary N) is 1. The van der Waals surface area contributed by atoms with Crippen LogP contribution >= 0.6 is 23.5 Å². The third kappa shape index (κ3) is 3.95. The first-order valence-corrected chi connectivity index (χ1v) is 13.0. The van der Waals surface area contributed by atoms with Gasteiger partial charge in [-0.2, -0.15) is 13.7 Å². The molecule has 1 saturated heterocycles. The summed E-state index contributed by atoms with van der Waals surface area (Å²) in [6, 6.07) is 2.92. The Kier molecular flexibility index (Phi) is 5.46. The average molecular weight is 528 g/mol. The Morgan fingerprint density at radius 1 is 1.15 bits per heavy atom. The highest BCUT2D eigenvalue weighted by Gasteiger charge is 2.85. The van der Waals surface area contributed by atoms with Crippen molar-refractivity contribution in [3.8, 4) is 12.3 Å². The minimum atomic E-state index is -5.79. The summed E-state index contributed by atoms with van der Waals surface area (Å²) < 4.78 is 52.8. The van der Waals surface area contributed by atoms with Gasteiger partial charge in [-0.05, 0) is 12.1 Å². The van der Waals surface area contributed by atoms with Gasteiger partial charge in [0.1, 0.15) is 30.2 Å². The summed E-state index contributed by atoms with van der Waals surface area (Å²) in [7, 11) is -17.0. The van der Waals surface area contributed by atoms with Gasteiger partial charge in [0.2, 0.25) is 0 Å². The molecule has 3 heterocycles. The second-order valence-electron chi connectivity index (χ2n) is 6.99. The summed E-state index contributed by atoms with van der Waals surface area (Å²) in [6.07, 6.45) is 1.72. The summed E-state index contributed by atoms with van der Waals surface area (Å²) in [5.41, 5.74) is 1.15. The van der Waals surface area contributed by atoms with Crippen LogP contribution in [-0.4, -0.2) is 67.8 Å². The van der Waals surface area contributed by atoms with E-state index >= 15 is 0 Å². The van der Waals surface area contributed by atoms with E-state index < -0.39 is 53.0 Å². The van der Waals surface area contributed by atoms with E-state index in [0.29, 0.717) is 5.52 Å². The molecule has 1 aliphatic heterocycles. The number of aliphatic hydroxyl groups is 2. The van der Waals surface area contributed by atoms with E-state index in [0.717, 1.165) is 6.33 Å². The molecular formula is C13H15N4O13P3. The monoisotopic (exact) mass is 528 g/mol. The number of anilines is 1. The van der Waals surface area contributed by atoms with Crippen molar-refractivity contribution < 1.29 is 61.4 Å². The Morgan fingerprint density at radius 2 is 1.82 bits per heavy atom. The van der Waals surface area contributed by atoms with Gasteiger partial charge in [0.25, 0.3) is 0 Å². The number of aromatic nitrogens is 3. The lowest BCUT2D eigenvalue weighted by Crippen LogP contribution is -2.48. The fourth-order valence-corrected chi connectivity index (χ4v) is 6.82. The maximum atomic E-state index is 12.1.